The van der Waals surface area contributed by atoms with Gasteiger partial charge in [-0.1, -0.05) is 0 Å². The second-order valence-corrected chi connectivity index (χ2v) is 6.71. The van der Waals surface area contributed by atoms with Gasteiger partial charge in [-0.25, -0.2) is 4.98 Å². The molecule has 0 spiro atoms. The first-order valence-corrected chi connectivity index (χ1v) is 8.42. The Balaban J connectivity index is 1.74. The Morgan fingerprint density at radius 3 is 2.83 bits per heavy atom. The van der Waals surface area contributed by atoms with Crippen molar-refractivity contribution in [1.82, 2.24) is 14.9 Å². The Bertz CT molecular complexity index is 384. The molecule has 2 heterocycles. The van der Waals surface area contributed by atoms with Crippen LogP contribution in [0.1, 0.15) is 49.8 Å². The van der Waals surface area contributed by atoms with E-state index < -0.39 is 0 Å². The number of imidazole rings is 1. The summed E-state index contributed by atoms with van der Waals surface area (Å²) in [4.78, 5) is 4.43. The molecule has 1 aromatic heterocycles. The molecule has 3 nitrogen and oxygen atoms in total. The zero-order valence-electron chi connectivity index (χ0n) is 11.1. The van der Waals surface area contributed by atoms with Crippen molar-refractivity contribution in [2.24, 2.45) is 0 Å². The standard InChI is InChI=1S/C14H23N3S/c1-18-13-3-2-12(8-13)17-10-16-9-14(17)11-4-6-15-7-5-11/h9-13,15H,2-8H2,1H3. The number of nitrogens with zero attached hydrogens (tertiary/aromatic N) is 2. The van der Waals surface area contributed by atoms with Crippen LogP contribution in [-0.4, -0.2) is 34.1 Å². The topological polar surface area (TPSA) is 29.9 Å². The highest BCUT2D eigenvalue weighted by molar-refractivity contribution is 7.99. The highest BCUT2D eigenvalue weighted by atomic mass is 32.2. The fourth-order valence-electron chi connectivity index (χ4n) is 3.44. The molecule has 2 unspecified atom stereocenters. The van der Waals surface area contributed by atoms with Crippen LogP contribution in [0.5, 0.6) is 0 Å². The summed E-state index contributed by atoms with van der Waals surface area (Å²) in [5.74, 6) is 0.724. The average molecular weight is 265 g/mol. The van der Waals surface area contributed by atoms with Crippen LogP contribution < -0.4 is 5.32 Å². The summed E-state index contributed by atoms with van der Waals surface area (Å²) in [5, 5.41) is 4.31. The lowest BCUT2D eigenvalue weighted by Gasteiger charge is -2.25. The van der Waals surface area contributed by atoms with Gasteiger partial charge >= 0.3 is 0 Å². The minimum Gasteiger partial charge on any atom is -0.331 e. The molecule has 0 amide bonds. The van der Waals surface area contributed by atoms with Crippen LogP contribution in [0.4, 0.5) is 0 Å². The summed E-state index contributed by atoms with van der Waals surface area (Å²) in [6.07, 6.45) is 13.0. The Kier molecular flexibility index (Phi) is 3.94. The second kappa shape index (κ2) is 5.66. The van der Waals surface area contributed by atoms with Gasteiger partial charge in [0.05, 0.1) is 6.33 Å². The Morgan fingerprint density at radius 1 is 1.28 bits per heavy atom. The van der Waals surface area contributed by atoms with Crippen molar-refractivity contribution < 1.29 is 0 Å². The molecule has 0 radical (unpaired) electrons. The van der Waals surface area contributed by atoms with Gasteiger partial charge in [-0.15, -0.1) is 0 Å². The van der Waals surface area contributed by atoms with Gasteiger partial charge in [0.1, 0.15) is 0 Å². The van der Waals surface area contributed by atoms with Gasteiger partial charge < -0.3 is 9.88 Å². The van der Waals surface area contributed by atoms with E-state index in [-0.39, 0.29) is 0 Å². The number of thioether (sulfide) groups is 1. The van der Waals surface area contributed by atoms with Crippen LogP contribution in [0, 0.1) is 0 Å². The van der Waals surface area contributed by atoms with Crippen LogP contribution in [0.2, 0.25) is 0 Å². The molecule has 1 N–H and O–H groups in total. The summed E-state index contributed by atoms with van der Waals surface area (Å²) < 4.78 is 2.49. The minimum absolute atomic E-state index is 0.704. The SMILES string of the molecule is CSC1CCC(n2cncc2C2CCNCC2)C1. The van der Waals surface area contributed by atoms with Crippen molar-refractivity contribution in [2.75, 3.05) is 19.3 Å². The minimum atomic E-state index is 0.704. The van der Waals surface area contributed by atoms with Crippen molar-refractivity contribution >= 4 is 11.8 Å². The lowest BCUT2D eigenvalue weighted by molar-refractivity contribution is 0.416. The molecule has 1 aliphatic heterocycles. The van der Waals surface area contributed by atoms with Gasteiger partial charge in [-0.2, -0.15) is 11.8 Å². The number of piperidine rings is 1. The van der Waals surface area contributed by atoms with E-state index >= 15 is 0 Å². The maximum Gasteiger partial charge on any atom is 0.0950 e. The van der Waals surface area contributed by atoms with Gasteiger partial charge in [-0.3, -0.25) is 0 Å². The molecular weight excluding hydrogens is 242 g/mol. The molecule has 18 heavy (non-hydrogen) atoms. The van der Waals surface area contributed by atoms with Crippen molar-refractivity contribution in [3.05, 3.63) is 18.2 Å². The number of aromatic nitrogens is 2. The van der Waals surface area contributed by atoms with Crippen molar-refractivity contribution in [3.8, 4) is 0 Å². The monoisotopic (exact) mass is 265 g/mol. The third-order valence-corrected chi connectivity index (χ3v) is 5.63. The maximum absolute atomic E-state index is 4.43. The molecule has 1 saturated heterocycles. The smallest absolute Gasteiger partial charge is 0.0950 e. The van der Waals surface area contributed by atoms with Crippen molar-refractivity contribution in [1.29, 1.82) is 0 Å². The number of nitrogens with one attached hydrogen (secondary N) is 1. The zero-order valence-corrected chi connectivity index (χ0v) is 12.0. The van der Waals surface area contributed by atoms with Gasteiger partial charge in [0, 0.05) is 29.1 Å². The van der Waals surface area contributed by atoms with Crippen LogP contribution in [0.3, 0.4) is 0 Å². The van der Waals surface area contributed by atoms with E-state index in [1.165, 1.54) is 37.8 Å². The summed E-state index contributed by atoms with van der Waals surface area (Å²) >= 11 is 2.03. The molecule has 2 atom stereocenters. The molecule has 1 saturated carbocycles. The third-order valence-electron chi connectivity index (χ3n) is 4.54. The fraction of sp³-hybridized carbons (Fsp3) is 0.786. The second-order valence-electron chi connectivity index (χ2n) is 5.57. The lowest BCUT2D eigenvalue weighted by Crippen LogP contribution is -2.28. The number of hydrogen-bond acceptors (Lipinski definition) is 3. The third kappa shape index (κ3) is 2.45. The fourth-order valence-corrected chi connectivity index (χ4v) is 4.22. The van der Waals surface area contributed by atoms with Crippen molar-refractivity contribution in [2.45, 2.75) is 49.3 Å². The molecule has 2 fully saturated rings. The largest absolute Gasteiger partial charge is 0.331 e. The summed E-state index contributed by atoms with van der Waals surface area (Å²) in [7, 11) is 0. The molecule has 2 aliphatic rings. The average Bonchev–Trinajstić information content (AvgIpc) is 3.08. The van der Waals surface area contributed by atoms with Crippen LogP contribution in [0.15, 0.2) is 12.5 Å². The normalized spacial score (nSPS) is 29.8. The zero-order chi connectivity index (χ0) is 12.4. The van der Waals surface area contributed by atoms with E-state index in [1.807, 2.05) is 11.8 Å². The molecule has 4 heteroatoms. The number of hydrogen-bond donors (Lipinski definition) is 1. The molecule has 0 aromatic carbocycles. The molecular formula is C14H23N3S. The number of rotatable bonds is 3. The summed E-state index contributed by atoms with van der Waals surface area (Å²) in [6.45, 7) is 2.32. The first-order chi connectivity index (χ1) is 8.88. The molecule has 1 aromatic rings. The van der Waals surface area contributed by atoms with Gasteiger partial charge in [-0.05, 0) is 51.4 Å². The maximum atomic E-state index is 4.43. The molecule has 100 valence electrons. The van der Waals surface area contributed by atoms with Gasteiger partial charge in [0.2, 0.25) is 0 Å². The molecule has 1 aliphatic carbocycles. The van der Waals surface area contributed by atoms with Crippen LogP contribution in [0.25, 0.3) is 0 Å². The Morgan fingerprint density at radius 2 is 2.11 bits per heavy atom. The summed E-state index contributed by atoms with van der Waals surface area (Å²) in [6, 6.07) is 0.704. The van der Waals surface area contributed by atoms with E-state index in [1.54, 1.807) is 0 Å². The van der Waals surface area contributed by atoms with Crippen LogP contribution >= 0.6 is 11.8 Å². The quantitative estimate of drug-likeness (QED) is 0.911. The van der Waals surface area contributed by atoms with Gasteiger partial charge in [0.15, 0.2) is 0 Å². The van der Waals surface area contributed by atoms with E-state index in [0.717, 1.165) is 24.3 Å². The Labute approximate surface area is 114 Å². The molecule has 0 bridgehead atoms. The Hall–Kier alpha value is -0.480. The van der Waals surface area contributed by atoms with Crippen molar-refractivity contribution in [3.63, 3.8) is 0 Å². The first-order valence-electron chi connectivity index (χ1n) is 7.13. The van der Waals surface area contributed by atoms with Gasteiger partial charge in [0.25, 0.3) is 0 Å². The highest BCUT2D eigenvalue weighted by Crippen LogP contribution is 2.38. The van der Waals surface area contributed by atoms with Crippen LogP contribution in [-0.2, 0) is 0 Å². The highest BCUT2D eigenvalue weighted by Gasteiger charge is 2.28. The molecule has 3 rings (SSSR count). The first kappa shape index (κ1) is 12.5. The van der Waals surface area contributed by atoms with E-state index in [2.05, 4.69) is 33.6 Å². The van der Waals surface area contributed by atoms with E-state index in [4.69, 9.17) is 0 Å². The predicted molar refractivity (Wildman–Crippen MR) is 77.3 cm³/mol. The summed E-state index contributed by atoms with van der Waals surface area (Å²) in [5.41, 5.74) is 1.49. The lowest BCUT2D eigenvalue weighted by atomic mass is 9.94. The van der Waals surface area contributed by atoms with E-state index in [0.29, 0.717) is 6.04 Å². The predicted octanol–water partition coefficient (Wildman–Crippen LogP) is 2.81. The van der Waals surface area contributed by atoms with E-state index in [9.17, 15) is 0 Å².